The first-order valence-electron chi connectivity index (χ1n) is 6.37. The maximum atomic E-state index is 13.4. The number of carbonyl (C=O) groups is 1. The standard InChI is InChI=1S/C13H23FO2/c1-3-9(2)11-5-4-10(14)8-12(11)13(16)6-7-15/h9-12,15H,3-8H2,1-2H3. The molecule has 0 radical (unpaired) electrons. The minimum absolute atomic E-state index is 0.0511. The van der Waals surface area contributed by atoms with Crippen molar-refractivity contribution in [2.75, 3.05) is 6.61 Å². The van der Waals surface area contributed by atoms with Crippen LogP contribution in [0.15, 0.2) is 0 Å². The Bertz CT molecular complexity index is 230. The summed E-state index contributed by atoms with van der Waals surface area (Å²) in [6, 6.07) is 0. The Labute approximate surface area is 97.2 Å². The van der Waals surface area contributed by atoms with Crippen molar-refractivity contribution in [3.63, 3.8) is 0 Å². The van der Waals surface area contributed by atoms with E-state index in [0.29, 0.717) is 24.7 Å². The molecule has 1 saturated carbocycles. The number of halogens is 1. The Morgan fingerprint density at radius 3 is 2.75 bits per heavy atom. The molecule has 0 bridgehead atoms. The molecule has 1 rings (SSSR count). The van der Waals surface area contributed by atoms with E-state index in [2.05, 4.69) is 13.8 Å². The molecular formula is C13H23FO2. The smallest absolute Gasteiger partial charge is 0.138 e. The highest BCUT2D eigenvalue weighted by molar-refractivity contribution is 5.81. The van der Waals surface area contributed by atoms with Crippen LogP contribution in [0.5, 0.6) is 0 Å². The van der Waals surface area contributed by atoms with Gasteiger partial charge in [-0.15, -0.1) is 0 Å². The molecule has 16 heavy (non-hydrogen) atoms. The molecule has 0 aliphatic heterocycles. The maximum Gasteiger partial charge on any atom is 0.138 e. The summed E-state index contributed by atoms with van der Waals surface area (Å²) in [6.45, 7) is 4.14. The number of rotatable bonds is 5. The number of carbonyl (C=O) groups excluding carboxylic acids is 1. The predicted octanol–water partition coefficient (Wildman–Crippen LogP) is 2.74. The molecule has 3 heteroatoms. The minimum atomic E-state index is -0.826. The van der Waals surface area contributed by atoms with Crippen molar-refractivity contribution in [1.29, 1.82) is 0 Å². The van der Waals surface area contributed by atoms with Crippen LogP contribution in [0.2, 0.25) is 0 Å². The highest BCUT2D eigenvalue weighted by Gasteiger charge is 2.36. The first kappa shape index (κ1) is 13.6. The second-order valence-electron chi connectivity index (χ2n) is 5.01. The van der Waals surface area contributed by atoms with E-state index >= 15 is 0 Å². The van der Waals surface area contributed by atoms with Crippen molar-refractivity contribution in [2.45, 2.75) is 52.1 Å². The van der Waals surface area contributed by atoms with Crippen LogP contribution in [0.1, 0.15) is 46.0 Å². The zero-order valence-corrected chi connectivity index (χ0v) is 10.3. The average Bonchev–Trinajstić information content (AvgIpc) is 2.28. The third-order valence-electron chi connectivity index (χ3n) is 3.99. The fraction of sp³-hybridized carbons (Fsp3) is 0.923. The quantitative estimate of drug-likeness (QED) is 0.788. The largest absolute Gasteiger partial charge is 0.396 e. The molecule has 1 fully saturated rings. The van der Waals surface area contributed by atoms with Crippen LogP contribution in [0, 0.1) is 17.8 Å². The molecular weight excluding hydrogens is 207 g/mol. The molecule has 0 spiro atoms. The van der Waals surface area contributed by atoms with Gasteiger partial charge < -0.3 is 5.11 Å². The van der Waals surface area contributed by atoms with Crippen molar-refractivity contribution in [1.82, 2.24) is 0 Å². The van der Waals surface area contributed by atoms with E-state index in [1.807, 2.05) is 0 Å². The molecule has 0 amide bonds. The Kier molecular flexibility index (Phi) is 5.39. The molecule has 0 aromatic rings. The summed E-state index contributed by atoms with van der Waals surface area (Å²) < 4.78 is 13.4. The lowest BCUT2D eigenvalue weighted by Gasteiger charge is -2.36. The van der Waals surface area contributed by atoms with Gasteiger partial charge in [0.05, 0.1) is 0 Å². The van der Waals surface area contributed by atoms with Crippen LogP contribution in [0.4, 0.5) is 4.39 Å². The number of hydrogen-bond acceptors (Lipinski definition) is 2. The topological polar surface area (TPSA) is 37.3 Å². The van der Waals surface area contributed by atoms with Gasteiger partial charge in [0, 0.05) is 18.9 Å². The van der Waals surface area contributed by atoms with Gasteiger partial charge in [-0.25, -0.2) is 4.39 Å². The number of aliphatic hydroxyl groups excluding tert-OH is 1. The predicted molar refractivity (Wildman–Crippen MR) is 61.9 cm³/mol. The van der Waals surface area contributed by atoms with Crippen LogP contribution >= 0.6 is 0 Å². The van der Waals surface area contributed by atoms with Gasteiger partial charge in [-0.05, 0) is 31.1 Å². The summed E-state index contributed by atoms with van der Waals surface area (Å²) in [6.07, 6.45) is 2.17. The van der Waals surface area contributed by atoms with Gasteiger partial charge in [0.1, 0.15) is 12.0 Å². The van der Waals surface area contributed by atoms with E-state index in [0.717, 1.165) is 12.8 Å². The van der Waals surface area contributed by atoms with E-state index in [-0.39, 0.29) is 24.7 Å². The zero-order valence-electron chi connectivity index (χ0n) is 10.3. The van der Waals surface area contributed by atoms with Crippen LogP contribution < -0.4 is 0 Å². The third kappa shape index (κ3) is 3.27. The fourth-order valence-electron chi connectivity index (χ4n) is 2.79. The van der Waals surface area contributed by atoms with Crippen molar-refractivity contribution in [3.05, 3.63) is 0 Å². The monoisotopic (exact) mass is 230 g/mol. The van der Waals surface area contributed by atoms with Gasteiger partial charge in [-0.2, -0.15) is 0 Å². The summed E-state index contributed by atoms with van der Waals surface area (Å²) in [5.74, 6) is 0.678. The first-order chi connectivity index (χ1) is 7.60. The van der Waals surface area contributed by atoms with Crippen LogP contribution in [-0.2, 0) is 4.79 Å². The van der Waals surface area contributed by atoms with Crippen molar-refractivity contribution in [3.8, 4) is 0 Å². The lowest BCUT2D eigenvalue weighted by Crippen LogP contribution is -2.35. The summed E-state index contributed by atoms with van der Waals surface area (Å²) in [5.41, 5.74) is 0. The van der Waals surface area contributed by atoms with Crippen LogP contribution in [-0.4, -0.2) is 23.7 Å². The number of aliphatic hydroxyl groups is 1. The van der Waals surface area contributed by atoms with Crippen molar-refractivity contribution in [2.24, 2.45) is 17.8 Å². The highest BCUT2D eigenvalue weighted by atomic mass is 19.1. The van der Waals surface area contributed by atoms with E-state index < -0.39 is 6.17 Å². The van der Waals surface area contributed by atoms with Crippen molar-refractivity contribution < 1.29 is 14.3 Å². The molecule has 4 unspecified atom stereocenters. The second kappa shape index (κ2) is 6.33. The van der Waals surface area contributed by atoms with E-state index in [1.54, 1.807) is 0 Å². The summed E-state index contributed by atoms with van der Waals surface area (Å²) >= 11 is 0. The molecule has 0 aromatic carbocycles. The lowest BCUT2D eigenvalue weighted by atomic mass is 9.69. The fourth-order valence-corrected chi connectivity index (χ4v) is 2.79. The summed E-state index contributed by atoms with van der Waals surface area (Å²) in [4.78, 5) is 11.8. The molecule has 1 aliphatic rings. The molecule has 4 atom stereocenters. The molecule has 94 valence electrons. The molecule has 2 nitrogen and oxygen atoms in total. The van der Waals surface area contributed by atoms with Gasteiger partial charge in [0.15, 0.2) is 0 Å². The van der Waals surface area contributed by atoms with Gasteiger partial charge >= 0.3 is 0 Å². The van der Waals surface area contributed by atoms with E-state index in [4.69, 9.17) is 5.11 Å². The van der Waals surface area contributed by atoms with Crippen LogP contribution in [0.3, 0.4) is 0 Å². The Hall–Kier alpha value is -0.440. The van der Waals surface area contributed by atoms with Crippen LogP contribution in [0.25, 0.3) is 0 Å². The number of ketones is 1. The van der Waals surface area contributed by atoms with Gasteiger partial charge in [-0.3, -0.25) is 4.79 Å². The van der Waals surface area contributed by atoms with Gasteiger partial charge in [0.25, 0.3) is 0 Å². The molecule has 0 saturated heterocycles. The van der Waals surface area contributed by atoms with E-state index in [9.17, 15) is 9.18 Å². The molecule has 0 heterocycles. The van der Waals surface area contributed by atoms with Crippen molar-refractivity contribution >= 4 is 5.78 Å². The maximum absolute atomic E-state index is 13.4. The first-order valence-corrected chi connectivity index (χ1v) is 6.37. The number of hydrogen-bond donors (Lipinski definition) is 1. The Balaban J connectivity index is 2.68. The van der Waals surface area contributed by atoms with Gasteiger partial charge in [-0.1, -0.05) is 20.3 Å². The second-order valence-corrected chi connectivity index (χ2v) is 5.01. The molecule has 1 aliphatic carbocycles. The summed E-state index contributed by atoms with van der Waals surface area (Å²) in [5, 5.41) is 8.80. The van der Waals surface area contributed by atoms with Gasteiger partial charge in [0.2, 0.25) is 0 Å². The third-order valence-corrected chi connectivity index (χ3v) is 3.99. The molecule has 1 N–H and O–H groups in total. The molecule has 0 aromatic heterocycles. The zero-order chi connectivity index (χ0) is 12.1. The Morgan fingerprint density at radius 1 is 1.50 bits per heavy atom. The number of Topliss-reactive ketones (excluding diaryl/α,β-unsaturated/α-hetero) is 1. The normalized spacial score (nSPS) is 32.4. The average molecular weight is 230 g/mol. The lowest BCUT2D eigenvalue weighted by molar-refractivity contribution is -0.128. The number of alkyl halides is 1. The summed E-state index contributed by atoms with van der Waals surface area (Å²) in [7, 11) is 0. The highest BCUT2D eigenvalue weighted by Crippen LogP contribution is 2.38. The Morgan fingerprint density at radius 2 is 2.19 bits per heavy atom. The SMILES string of the molecule is CCC(C)C1CCC(F)CC1C(=O)CCO. The van der Waals surface area contributed by atoms with E-state index in [1.165, 1.54) is 0 Å². The minimum Gasteiger partial charge on any atom is -0.396 e.